The number of aliphatic imine (C=N–C) groups is 1. The van der Waals surface area contributed by atoms with E-state index in [4.69, 9.17) is 35.8 Å². The first kappa shape index (κ1) is 34.0. The average Bonchev–Trinajstić information content (AvgIpc) is 3.60. The van der Waals surface area contributed by atoms with Crippen molar-refractivity contribution in [3.8, 4) is 5.75 Å². The third-order valence-corrected chi connectivity index (χ3v) is 10.6. The van der Waals surface area contributed by atoms with E-state index in [1.807, 2.05) is 13.8 Å². The van der Waals surface area contributed by atoms with Crippen LogP contribution < -0.4 is 14.8 Å². The van der Waals surface area contributed by atoms with Crippen LogP contribution in [0.2, 0.25) is 5.02 Å². The summed E-state index contributed by atoms with van der Waals surface area (Å²) < 4.78 is 82.4. The number of aryl methyl sites for hydroxylation is 2. The summed E-state index contributed by atoms with van der Waals surface area (Å²) in [5.41, 5.74) is 1.87. The number of fused-ring (bicyclic) bond motifs is 4. The minimum Gasteiger partial charge on any atom is -0.492 e. The maximum Gasteiger partial charge on any atom is 0.350 e. The second kappa shape index (κ2) is 13.9. The number of rotatable bonds is 12. The summed E-state index contributed by atoms with van der Waals surface area (Å²) in [5.74, 6) is -1.92. The molecule has 10 nitrogen and oxygen atoms in total. The molecule has 2 aromatic rings. The summed E-state index contributed by atoms with van der Waals surface area (Å²) in [6.45, 7) is 3.62. The Kier molecular flexibility index (Phi) is 10.1. The fourth-order valence-electron chi connectivity index (χ4n) is 6.98. The van der Waals surface area contributed by atoms with Crippen LogP contribution in [0.15, 0.2) is 35.3 Å². The van der Waals surface area contributed by atoms with E-state index in [9.17, 15) is 22.3 Å². The number of aliphatic hydroxyl groups excluding tert-OH is 1. The topological polar surface area (TPSA) is 131 Å². The Labute approximate surface area is 276 Å². The largest absolute Gasteiger partial charge is 0.492 e. The van der Waals surface area contributed by atoms with E-state index in [0.717, 1.165) is 12.0 Å². The first-order chi connectivity index (χ1) is 22.4. The Morgan fingerprint density at radius 2 is 2.09 bits per heavy atom. The van der Waals surface area contributed by atoms with Gasteiger partial charge < -0.3 is 24.6 Å². The number of alkyl halides is 2. The predicted octanol–water partition coefficient (Wildman–Crippen LogP) is 5.60. The van der Waals surface area contributed by atoms with E-state index < -0.39 is 33.7 Å². The van der Waals surface area contributed by atoms with E-state index in [1.54, 1.807) is 16.9 Å². The number of sulfonamides is 1. The molecule has 4 aliphatic rings. The highest BCUT2D eigenvalue weighted by Crippen LogP contribution is 2.49. The minimum absolute atomic E-state index is 0.0499. The number of aliphatic hydroxyl groups is 1. The molecule has 0 spiro atoms. The van der Waals surface area contributed by atoms with Gasteiger partial charge in [-0.1, -0.05) is 30.7 Å². The van der Waals surface area contributed by atoms with Gasteiger partial charge in [0.25, 0.3) is 10.0 Å². The molecular weight excluding hydrogens is 661 g/mol. The van der Waals surface area contributed by atoms with Crippen LogP contribution in [0.25, 0.3) is 0 Å². The van der Waals surface area contributed by atoms with Gasteiger partial charge in [-0.2, -0.15) is 13.8 Å². The van der Waals surface area contributed by atoms with E-state index >= 15 is 4.39 Å². The molecule has 7 atom stereocenters. The van der Waals surface area contributed by atoms with Crippen molar-refractivity contribution < 1.29 is 40.9 Å². The number of allylic oxidation sites excluding steroid dienone is 2. The molecule has 1 aromatic heterocycles. The van der Waals surface area contributed by atoms with Crippen LogP contribution in [-0.2, 0) is 25.9 Å². The molecule has 1 aliphatic heterocycles. The number of hydrogen-bond acceptors (Lipinski definition) is 9. The normalized spacial score (nSPS) is 28.1. The molecule has 0 amide bonds. The van der Waals surface area contributed by atoms with Crippen molar-refractivity contribution in [2.24, 2.45) is 22.7 Å². The highest BCUT2D eigenvalue weighted by Gasteiger charge is 2.53. The molecule has 2 heterocycles. The zero-order chi connectivity index (χ0) is 33.5. The highest BCUT2D eigenvalue weighted by molar-refractivity contribution is 7.89. The van der Waals surface area contributed by atoms with Gasteiger partial charge in [-0.25, -0.2) is 22.5 Å². The number of benzene rings is 1. The predicted molar refractivity (Wildman–Crippen MR) is 170 cm³/mol. The number of aromatic nitrogens is 1. The molecule has 47 heavy (non-hydrogen) atoms. The van der Waals surface area contributed by atoms with Crippen LogP contribution in [0.4, 0.5) is 24.8 Å². The van der Waals surface area contributed by atoms with Gasteiger partial charge in [0.05, 0.1) is 29.9 Å². The monoisotopic (exact) mass is 698 g/mol. The molecule has 0 radical (unpaired) electrons. The lowest BCUT2D eigenvalue weighted by atomic mass is 9.63. The molecule has 0 bridgehead atoms. The van der Waals surface area contributed by atoms with Crippen LogP contribution >= 0.6 is 11.6 Å². The van der Waals surface area contributed by atoms with Gasteiger partial charge in [0, 0.05) is 30.5 Å². The zero-order valence-electron chi connectivity index (χ0n) is 26.0. The van der Waals surface area contributed by atoms with Crippen molar-refractivity contribution in [3.63, 3.8) is 0 Å². The Morgan fingerprint density at radius 3 is 2.81 bits per heavy atom. The second-order valence-electron chi connectivity index (χ2n) is 12.4. The molecule has 3 N–H and O–H groups in total. The lowest BCUT2D eigenvalue weighted by Gasteiger charge is -2.45. The summed E-state index contributed by atoms with van der Waals surface area (Å²) in [6, 6.07) is 4.14. The summed E-state index contributed by atoms with van der Waals surface area (Å²) >= 11 is 6.60. The van der Waals surface area contributed by atoms with Crippen LogP contribution in [0.5, 0.6) is 5.75 Å². The lowest BCUT2D eigenvalue weighted by Crippen LogP contribution is -2.49. The summed E-state index contributed by atoms with van der Waals surface area (Å²) in [7, 11) is -4.73. The van der Waals surface area contributed by atoms with Crippen LogP contribution in [0.3, 0.4) is 0 Å². The molecule has 3 aliphatic carbocycles. The van der Waals surface area contributed by atoms with Crippen LogP contribution in [-0.4, -0.2) is 68.2 Å². The van der Waals surface area contributed by atoms with Crippen molar-refractivity contribution in [1.29, 1.82) is 0 Å². The molecule has 15 heteroatoms. The highest BCUT2D eigenvalue weighted by atomic mass is 35.5. The minimum atomic E-state index is -4.73. The van der Waals surface area contributed by atoms with Crippen molar-refractivity contribution >= 4 is 39.2 Å². The number of pyridine rings is 1. The van der Waals surface area contributed by atoms with Gasteiger partial charge in [-0.15, -0.1) is 0 Å². The lowest BCUT2D eigenvalue weighted by molar-refractivity contribution is -0.0701. The number of nitrogens with zero attached hydrogens (tertiary/aromatic N) is 2. The molecule has 1 aromatic carbocycles. The SMILES string of the molecule is CCCC(=Nc1nc(NC2CCc3cc(OCCNS(=O)(=O)C(F)F)cc(F)c32)c(Cl)cc1C)O[C@@H]1CO[C@H]2[C@@H]1C1C=CC1C[C@H]2O. The van der Waals surface area contributed by atoms with Crippen LogP contribution in [0, 0.1) is 30.5 Å². The van der Waals surface area contributed by atoms with Gasteiger partial charge in [0.2, 0.25) is 0 Å². The third-order valence-electron chi connectivity index (χ3n) is 9.25. The molecular formula is C32H38ClF3N4O6S. The van der Waals surface area contributed by atoms with Gasteiger partial charge in [0.1, 0.15) is 30.1 Å². The van der Waals surface area contributed by atoms with Gasteiger partial charge in [0.15, 0.2) is 11.7 Å². The van der Waals surface area contributed by atoms with Crippen molar-refractivity contribution in [2.75, 3.05) is 25.1 Å². The van der Waals surface area contributed by atoms with E-state index in [0.29, 0.717) is 77.8 Å². The smallest absolute Gasteiger partial charge is 0.350 e. The number of hydrogen-bond donors (Lipinski definition) is 3. The number of anilines is 1. The molecule has 1 saturated carbocycles. The third kappa shape index (κ3) is 7.12. The molecule has 6 rings (SSSR count). The zero-order valence-corrected chi connectivity index (χ0v) is 27.5. The molecule has 2 fully saturated rings. The Morgan fingerprint density at radius 1 is 1.28 bits per heavy atom. The maximum absolute atomic E-state index is 15.3. The van der Waals surface area contributed by atoms with E-state index in [2.05, 4.69) is 17.5 Å². The summed E-state index contributed by atoms with van der Waals surface area (Å²) in [5, 5.41) is 14.3. The first-order valence-electron chi connectivity index (χ1n) is 15.8. The fraction of sp³-hybridized carbons (Fsp3) is 0.562. The molecule has 1 saturated heterocycles. The van der Waals surface area contributed by atoms with Crippen molar-refractivity contribution in [1.82, 2.24) is 9.71 Å². The van der Waals surface area contributed by atoms with Crippen molar-refractivity contribution in [3.05, 3.63) is 57.9 Å². The molecule has 256 valence electrons. The number of nitrogens with one attached hydrogen (secondary N) is 2. The van der Waals surface area contributed by atoms with Crippen molar-refractivity contribution in [2.45, 2.75) is 76.1 Å². The summed E-state index contributed by atoms with van der Waals surface area (Å²) in [4.78, 5) is 9.53. The number of ether oxygens (including phenoxy) is 3. The van der Waals surface area contributed by atoms with Gasteiger partial charge in [-0.05, 0) is 67.7 Å². The Hall–Kier alpha value is -2.91. The fourth-order valence-corrected chi connectivity index (χ4v) is 7.73. The van der Waals surface area contributed by atoms with Gasteiger partial charge in [-0.3, -0.25) is 0 Å². The standard InChI is InChI=1S/C32H38ClF3N4O6S/c1-3-4-26(46-25-15-45-29-24(41)13-17-5-7-20(17)28(25)29)39-30-16(2)11-21(33)31(40-30)38-23-8-6-18-12-19(14-22(34)27(18)23)44-10-9-37-47(42,43)32(35)36/h5,7,11-12,14,17,20,23-25,28-29,32,37,41H,3-4,6,8-10,13,15H2,1-2H3,(H,38,40)/t17?,20?,23?,24-,25-,28-,29-/m1/s1. The first-order valence-corrected chi connectivity index (χ1v) is 17.7. The van der Waals surface area contributed by atoms with E-state index in [-0.39, 0.29) is 37.0 Å². The Balaban J connectivity index is 1.15. The molecule has 3 unspecified atom stereocenters. The second-order valence-corrected chi connectivity index (χ2v) is 14.6. The number of halogens is 4. The Bertz CT molecular complexity index is 1660. The maximum atomic E-state index is 15.3. The quantitative estimate of drug-likeness (QED) is 0.113. The summed E-state index contributed by atoms with van der Waals surface area (Å²) in [6.07, 6.45) is 6.47. The van der Waals surface area contributed by atoms with Crippen LogP contribution in [0.1, 0.15) is 55.3 Å². The van der Waals surface area contributed by atoms with E-state index in [1.165, 1.54) is 6.07 Å². The average molecular weight is 699 g/mol. The van der Waals surface area contributed by atoms with Gasteiger partial charge >= 0.3 is 5.76 Å².